The molecule has 0 spiro atoms. The third kappa shape index (κ3) is 2.68. The van der Waals surface area contributed by atoms with Gasteiger partial charge in [-0.2, -0.15) is 13.2 Å². The lowest BCUT2D eigenvalue weighted by Gasteiger charge is -2.34. The van der Waals surface area contributed by atoms with E-state index in [0.717, 1.165) is 5.56 Å². The third-order valence-corrected chi connectivity index (χ3v) is 3.35. The van der Waals surface area contributed by atoms with Crippen LogP contribution in [0.4, 0.5) is 24.7 Å². The zero-order chi connectivity index (χ0) is 13.3. The molecule has 100 valence electrons. The quantitative estimate of drug-likeness (QED) is 0.843. The van der Waals surface area contributed by atoms with Crippen LogP contribution < -0.4 is 10.6 Å². The van der Waals surface area contributed by atoms with E-state index in [-0.39, 0.29) is 13.0 Å². The van der Waals surface area contributed by atoms with Crippen LogP contribution in [0.2, 0.25) is 0 Å². The maximum atomic E-state index is 12.7. The molecule has 1 saturated heterocycles. The van der Waals surface area contributed by atoms with Crippen LogP contribution >= 0.6 is 0 Å². The van der Waals surface area contributed by atoms with Gasteiger partial charge in [-0.1, -0.05) is 0 Å². The largest absolute Gasteiger partial charge is 0.397 e. The summed E-state index contributed by atoms with van der Waals surface area (Å²) in [5, 5.41) is 0. The number of nitrogens with two attached hydrogens (primary N) is 1. The van der Waals surface area contributed by atoms with Gasteiger partial charge < -0.3 is 10.6 Å². The van der Waals surface area contributed by atoms with Gasteiger partial charge in [-0.15, -0.1) is 0 Å². The first-order chi connectivity index (χ1) is 8.38. The fourth-order valence-electron chi connectivity index (χ4n) is 2.18. The van der Waals surface area contributed by atoms with Crippen molar-refractivity contribution >= 4 is 11.5 Å². The Kier molecular flexibility index (Phi) is 3.36. The second-order valence-corrected chi connectivity index (χ2v) is 4.73. The number of hydrogen-bond donors (Lipinski definition) is 1. The number of alkyl halides is 3. The van der Waals surface area contributed by atoms with E-state index < -0.39 is 12.1 Å². The van der Waals surface area contributed by atoms with Gasteiger partial charge in [0.05, 0.1) is 17.8 Å². The Morgan fingerprint density at radius 1 is 1.44 bits per heavy atom. The van der Waals surface area contributed by atoms with Crippen LogP contribution in [0, 0.1) is 12.8 Å². The van der Waals surface area contributed by atoms with Crippen LogP contribution in [-0.4, -0.2) is 24.2 Å². The van der Waals surface area contributed by atoms with Crippen molar-refractivity contribution in [1.29, 1.82) is 0 Å². The van der Waals surface area contributed by atoms with Crippen LogP contribution in [0.3, 0.4) is 0 Å². The van der Waals surface area contributed by atoms with Crippen LogP contribution in [0.5, 0.6) is 0 Å². The smallest absolute Gasteiger partial charge is 0.393 e. The minimum atomic E-state index is -4.12. The summed E-state index contributed by atoms with van der Waals surface area (Å²) in [6, 6.07) is 1.74. The molecule has 6 heteroatoms. The topological polar surface area (TPSA) is 42.2 Å². The molecule has 2 N–H and O–H groups in total. The molecule has 0 radical (unpaired) electrons. The zero-order valence-electron chi connectivity index (χ0n) is 10.2. The predicted molar refractivity (Wildman–Crippen MR) is 64.4 cm³/mol. The summed E-state index contributed by atoms with van der Waals surface area (Å²) in [4.78, 5) is 5.80. The Balaban J connectivity index is 2.15. The number of rotatable bonds is 1. The lowest BCUT2D eigenvalue weighted by molar-refractivity contribution is -0.176. The number of aryl methyl sites for hydroxylation is 1. The molecule has 1 aromatic heterocycles. The molecular formula is C12H16F3N3. The number of piperidine rings is 1. The summed E-state index contributed by atoms with van der Waals surface area (Å²) in [5.74, 6) is -0.679. The zero-order valence-corrected chi connectivity index (χ0v) is 10.2. The average molecular weight is 259 g/mol. The molecule has 1 aliphatic heterocycles. The molecule has 0 saturated carbocycles. The number of nitrogen functional groups attached to an aromatic ring is 1. The molecule has 0 aliphatic carbocycles. The van der Waals surface area contributed by atoms with Crippen LogP contribution in [0.1, 0.15) is 18.4 Å². The van der Waals surface area contributed by atoms with Crippen LogP contribution in [0.25, 0.3) is 0 Å². The maximum Gasteiger partial charge on any atom is 0.393 e. The van der Waals surface area contributed by atoms with Crippen molar-refractivity contribution in [3.8, 4) is 0 Å². The van der Waals surface area contributed by atoms with E-state index in [9.17, 15) is 13.2 Å². The third-order valence-electron chi connectivity index (χ3n) is 3.35. The Labute approximate surface area is 104 Å². The van der Waals surface area contributed by atoms with Gasteiger partial charge in [-0.25, -0.2) is 4.98 Å². The van der Waals surface area contributed by atoms with Crippen LogP contribution in [0.15, 0.2) is 12.3 Å². The van der Waals surface area contributed by atoms with Gasteiger partial charge in [0.1, 0.15) is 5.82 Å². The molecule has 1 aliphatic rings. The fourth-order valence-corrected chi connectivity index (χ4v) is 2.18. The first-order valence-electron chi connectivity index (χ1n) is 5.91. The number of nitrogens with zero attached hydrogens (tertiary/aromatic N) is 2. The molecular weight excluding hydrogens is 243 g/mol. The van der Waals surface area contributed by atoms with Crippen LogP contribution in [-0.2, 0) is 0 Å². The molecule has 1 unspecified atom stereocenters. The van der Waals surface area contributed by atoms with Crippen molar-refractivity contribution in [1.82, 2.24) is 4.98 Å². The van der Waals surface area contributed by atoms with Crippen molar-refractivity contribution in [2.24, 2.45) is 5.92 Å². The van der Waals surface area contributed by atoms with Crippen molar-refractivity contribution in [2.45, 2.75) is 25.9 Å². The van der Waals surface area contributed by atoms with Crippen molar-refractivity contribution in [2.75, 3.05) is 23.7 Å². The van der Waals surface area contributed by atoms with E-state index in [4.69, 9.17) is 5.73 Å². The second-order valence-electron chi connectivity index (χ2n) is 4.73. The molecule has 18 heavy (non-hydrogen) atoms. The number of hydrogen-bond acceptors (Lipinski definition) is 3. The SMILES string of the molecule is Cc1cc(N2CCCC(C(F)(F)F)C2)ncc1N. The summed E-state index contributed by atoms with van der Waals surface area (Å²) in [5.41, 5.74) is 7.05. The highest BCUT2D eigenvalue weighted by molar-refractivity contribution is 5.52. The Morgan fingerprint density at radius 2 is 2.17 bits per heavy atom. The molecule has 0 bridgehead atoms. The highest BCUT2D eigenvalue weighted by Gasteiger charge is 2.42. The van der Waals surface area contributed by atoms with E-state index in [1.165, 1.54) is 6.20 Å². The van der Waals surface area contributed by atoms with Gasteiger partial charge in [0, 0.05) is 13.1 Å². The maximum absolute atomic E-state index is 12.7. The number of halogens is 3. The number of anilines is 2. The van der Waals surface area contributed by atoms with Gasteiger partial charge in [-0.3, -0.25) is 0 Å². The van der Waals surface area contributed by atoms with Gasteiger partial charge in [0.15, 0.2) is 0 Å². The average Bonchev–Trinajstić information content (AvgIpc) is 2.32. The Hall–Kier alpha value is -1.46. The molecule has 1 atom stereocenters. The summed E-state index contributed by atoms with van der Waals surface area (Å²) in [6.07, 6.45) is -1.88. The highest BCUT2D eigenvalue weighted by Crippen LogP contribution is 2.34. The molecule has 1 fully saturated rings. The van der Waals surface area contributed by atoms with Crippen molar-refractivity contribution in [3.63, 3.8) is 0 Å². The standard InChI is InChI=1S/C12H16F3N3/c1-8-5-11(17-6-10(8)16)18-4-2-3-9(7-18)12(13,14)15/h5-6,9H,2-4,7,16H2,1H3. The first kappa shape index (κ1) is 13.0. The van der Waals surface area contributed by atoms with Gasteiger partial charge in [-0.05, 0) is 31.4 Å². The van der Waals surface area contributed by atoms with Gasteiger partial charge in [0.2, 0.25) is 0 Å². The summed E-state index contributed by atoms with van der Waals surface area (Å²) < 4.78 is 38.1. The van der Waals surface area contributed by atoms with Crippen molar-refractivity contribution < 1.29 is 13.2 Å². The number of pyridine rings is 1. The monoisotopic (exact) mass is 259 g/mol. The van der Waals surface area contributed by atoms with Crippen molar-refractivity contribution in [3.05, 3.63) is 17.8 Å². The minimum Gasteiger partial charge on any atom is -0.397 e. The summed E-state index contributed by atoms with van der Waals surface area (Å²) in [6.45, 7) is 2.43. The normalized spacial score (nSPS) is 21.1. The number of aromatic nitrogens is 1. The molecule has 0 aromatic carbocycles. The lowest BCUT2D eigenvalue weighted by atomic mass is 9.97. The Morgan fingerprint density at radius 3 is 2.78 bits per heavy atom. The Bertz CT molecular complexity index is 431. The highest BCUT2D eigenvalue weighted by atomic mass is 19.4. The molecule has 2 heterocycles. The van der Waals surface area contributed by atoms with E-state index in [0.29, 0.717) is 24.5 Å². The second kappa shape index (κ2) is 4.66. The molecule has 2 rings (SSSR count). The molecule has 0 amide bonds. The van der Waals surface area contributed by atoms with E-state index >= 15 is 0 Å². The summed E-state index contributed by atoms with van der Waals surface area (Å²) in [7, 11) is 0. The van der Waals surface area contributed by atoms with E-state index in [1.54, 1.807) is 11.0 Å². The van der Waals surface area contributed by atoms with Gasteiger partial charge in [0.25, 0.3) is 0 Å². The predicted octanol–water partition coefficient (Wildman–Crippen LogP) is 2.75. The molecule has 3 nitrogen and oxygen atoms in total. The first-order valence-corrected chi connectivity index (χ1v) is 5.91. The van der Waals surface area contributed by atoms with E-state index in [2.05, 4.69) is 4.98 Å². The summed E-state index contributed by atoms with van der Waals surface area (Å²) >= 11 is 0. The molecule has 1 aromatic rings. The fraction of sp³-hybridized carbons (Fsp3) is 0.583. The van der Waals surface area contributed by atoms with E-state index in [1.807, 2.05) is 6.92 Å². The lowest BCUT2D eigenvalue weighted by Crippen LogP contribution is -2.42. The van der Waals surface area contributed by atoms with Gasteiger partial charge >= 0.3 is 6.18 Å². The minimum absolute atomic E-state index is 0.0140.